The third kappa shape index (κ3) is 3.83. The number of hydrogen-bond acceptors (Lipinski definition) is 5. The Bertz CT molecular complexity index is 1340. The number of amides is 1. The number of methoxy groups -OCH3 is 1. The molecule has 0 spiro atoms. The van der Waals surface area contributed by atoms with Crippen molar-refractivity contribution in [3.05, 3.63) is 100 Å². The van der Waals surface area contributed by atoms with Crippen LogP contribution in [0, 0.1) is 24.1 Å². The van der Waals surface area contributed by atoms with Gasteiger partial charge in [0.1, 0.15) is 17.3 Å². The first kappa shape index (κ1) is 21.8. The molecule has 6 nitrogen and oxygen atoms in total. The monoisotopic (exact) mass is 442 g/mol. The highest BCUT2D eigenvalue weighted by Crippen LogP contribution is 2.43. The molecule has 1 aliphatic heterocycles. The van der Waals surface area contributed by atoms with Crippen LogP contribution in [0.4, 0.5) is 10.1 Å². The summed E-state index contributed by atoms with van der Waals surface area (Å²) in [6.45, 7) is 1.54. The number of carbonyl (C=O) groups is 2. The number of aliphatic hydroxyl groups excluding tert-OH is 1. The number of carbonyl (C=O) groups excluding carboxylic acids is 2. The highest BCUT2D eigenvalue weighted by atomic mass is 19.1. The fourth-order valence-corrected chi connectivity index (χ4v) is 3.87. The normalized spacial score (nSPS) is 17.2. The van der Waals surface area contributed by atoms with E-state index in [1.54, 1.807) is 55.5 Å². The van der Waals surface area contributed by atoms with Gasteiger partial charge in [-0.25, -0.2) is 4.39 Å². The van der Waals surface area contributed by atoms with Gasteiger partial charge in [-0.2, -0.15) is 5.26 Å². The zero-order valence-corrected chi connectivity index (χ0v) is 17.9. The number of halogens is 1. The van der Waals surface area contributed by atoms with Crippen molar-refractivity contribution < 1.29 is 23.8 Å². The number of ketones is 1. The van der Waals surface area contributed by atoms with Gasteiger partial charge in [0.05, 0.1) is 30.4 Å². The fraction of sp³-hybridized carbons (Fsp3) is 0.115. The van der Waals surface area contributed by atoms with Gasteiger partial charge < -0.3 is 9.84 Å². The molecule has 1 saturated heterocycles. The van der Waals surface area contributed by atoms with Crippen molar-refractivity contribution in [2.24, 2.45) is 0 Å². The average Bonchev–Trinajstić information content (AvgIpc) is 3.11. The van der Waals surface area contributed by atoms with Gasteiger partial charge in [-0.3, -0.25) is 14.5 Å². The summed E-state index contributed by atoms with van der Waals surface area (Å²) in [5.41, 5.74) is 1.72. The van der Waals surface area contributed by atoms with Crippen LogP contribution in [0.1, 0.15) is 28.3 Å². The molecule has 1 heterocycles. The van der Waals surface area contributed by atoms with E-state index < -0.39 is 29.3 Å². The van der Waals surface area contributed by atoms with E-state index in [2.05, 4.69) is 0 Å². The molecule has 3 aromatic rings. The average molecular weight is 442 g/mol. The van der Waals surface area contributed by atoms with Gasteiger partial charge in [-0.05, 0) is 72.6 Å². The van der Waals surface area contributed by atoms with Crippen molar-refractivity contribution in [1.82, 2.24) is 0 Å². The summed E-state index contributed by atoms with van der Waals surface area (Å²) in [5.74, 6) is -2.04. The van der Waals surface area contributed by atoms with E-state index in [4.69, 9.17) is 10.00 Å². The zero-order valence-electron chi connectivity index (χ0n) is 17.9. The standard InChI is InChI=1S/C26H19FN2O4/c1-15-12-18(8-11-21(15)27)24(30)22-23(17-4-3-5-20(13-17)33-2)29(26(32)25(22)31)19-9-6-16(14-28)7-10-19/h3-13,23,30H,1-2H3/b24-22-. The van der Waals surface area contributed by atoms with Gasteiger partial charge >= 0.3 is 0 Å². The molecule has 4 rings (SSSR count). The molecule has 0 aliphatic carbocycles. The number of aryl methyl sites for hydroxylation is 1. The number of anilines is 1. The Morgan fingerprint density at radius 3 is 2.45 bits per heavy atom. The van der Waals surface area contributed by atoms with Crippen molar-refractivity contribution in [2.75, 3.05) is 12.0 Å². The molecule has 1 amide bonds. The maximum absolute atomic E-state index is 13.8. The number of nitrogens with zero attached hydrogens (tertiary/aromatic N) is 2. The number of hydrogen-bond donors (Lipinski definition) is 1. The minimum atomic E-state index is -0.960. The lowest BCUT2D eigenvalue weighted by molar-refractivity contribution is -0.132. The topological polar surface area (TPSA) is 90.6 Å². The third-order valence-corrected chi connectivity index (χ3v) is 5.56. The van der Waals surface area contributed by atoms with E-state index in [-0.39, 0.29) is 11.1 Å². The van der Waals surface area contributed by atoms with E-state index in [1.165, 1.54) is 30.2 Å². The van der Waals surface area contributed by atoms with Gasteiger partial charge in [0.25, 0.3) is 11.7 Å². The van der Waals surface area contributed by atoms with Gasteiger partial charge in [0, 0.05) is 11.3 Å². The maximum Gasteiger partial charge on any atom is 0.300 e. The molecule has 1 aliphatic rings. The van der Waals surface area contributed by atoms with Crippen LogP contribution in [0.15, 0.2) is 72.3 Å². The summed E-state index contributed by atoms with van der Waals surface area (Å²) in [5, 5.41) is 20.2. The summed E-state index contributed by atoms with van der Waals surface area (Å²) < 4.78 is 19.1. The summed E-state index contributed by atoms with van der Waals surface area (Å²) in [7, 11) is 1.50. The molecular formula is C26H19FN2O4. The van der Waals surface area contributed by atoms with Crippen LogP contribution in [-0.4, -0.2) is 23.9 Å². The van der Waals surface area contributed by atoms with Crippen LogP contribution in [0.3, 0.4) is 0 Å². The van der Waals surface area contributed by atoms with Crippen molar-refractivity contribution in [1.29, 1.82) is 5.26 Å². The van der Waals surface area contributed by atoms with Crippen molar-refractivity contribution in [2.45, 2.75) is 13.0 Å². The lowest BCUT2D eigenvalue weighted by atomic mass is 9.94. The molecule has 1 unspecified atom stereocenters. The van der Waals surface area contributed by atoms with Crippen LogP contribution in [0.2, 0.25) is 0 Å². The molecule has 0 bridgehead atoms. The van der Waals surface area contributed by atoms with Gasteiger partial charge in [-0.15, -0.1) is 0 Å². The lowest BCUT2D eigenvalue weighted by Gasteiger charge is -2.25. The van der Waals surface area contributed by atoms with E-state index in [0.29, 0.717) is 28.1 Å². The minimum Gasteiger partial charge on any atom is -0.507 e. The molecule has 1 atom stereocenters. The molecule has 164 valence electrons. The van der Waals surface area contributed by atoms with Crippen molar-refractivity contribution >= 4 is 23.1 Å². The van der Waals surface area contributed by atoms with Crippen LogP contribution < -0.4 is 9.64 Å². The number of rotatable bonds is 4. The summed E-state index contributed by atoms with van der Waals surface area (Å²) in [4.78, 5) is 27.6. The van der Waals surface area contributed by atoms with Crippen LogP contribution in [0.5, 0.6) is 5.75 Å². The third-order valence-electron chi connectivity index (χ3n) is 5.56. The summed E-state index contributed by atoms with van der Waals surface area (Å²) >= 11 is 0. The van der Waals surface area contributed by atoms with E-state index in [1.807, 2.05) is 6.07 Å². The fourth-order valence-electron chi connectivity index (χ4n) is 3.87. The Kier molecular flexibility index (Phi) is 5.67. The van der Waals surface area contributed by atoms with Crippen molar-refractivity contribution in [3.8, 4) is 11.8 Å². The molecule has 7 heteroatoms. The Labute approximate surface area is 189 Å². The zero-order chi connectivity index (χ0) is 23.7. The Balaban J connectivity index is 1.95. The molecule has 0 saturated carbocycles. The predicted molar refractivity (Wildman–Crippen MR) is 120 cm³/mol. The Morgan fingerprint density at radius 1 is 1.09 bits per heavy atom. The molecule has 0 radical (unpaired) electrons. The van der Waals surface area contributed by atoms with Crippen LogP contribution >= 0.6 is 0 Å². The van der Waals surface area contributed by atoms with Gasteiger partial charge in [-0.1, -0.05) is 12.1 Å². The lowest BCUT2D eigenvalue weighted by Crippen LogP contribution is -2.29. The van der Waals surface area contributed by atoms with Crippen LogP contribution in [-0.2, 0) is 9.59 Å². The second kappa shape index (κ2) is 8.60. The maximum atomic E-state index is 13.8. The highest BCUT2D eigenvalue weighted by Gasteiger charge is 2.47. The second-order valence-electron chi connectivity index (χ2n) is 7.57. The van der Waals surface area contributed by atoms with Crippen molar-refractivity contribution in [3.63, 3.8) is 0 Å². The Morgan fingerprint density at radius 2 is 1.82 bits per heavy atom. The van der Waals surface area contributed by atoms with E-state index in [9.17, 15) is 19.1 Å². The number of nitriles is 1. The van der Waals surface area contributed by atoms with Gasteiger partial charge in [0.15, 0.2) is 0 Å². The first-order valence-corrected chi connectivity index (χ1v) is 10.1. The molecule has 0 aromatic heterocycles. The molecule has 1 N–H and O–H groups in total. The molecule has 1 fully saturated rings. The number of Topliss-reactive ketones (excluding diaryl/α,β-unsaturated/α-hetero) is 1. The van der Waals surface area contributed by atoms with E-state index in [0.717, 1.165) is 0 Å². The van der Waals surface area contributed by atoms with Crippen LogP contribution in [0.25, 0.3) is 5.76 Å². The number of aliphatic hydroxyl groups is 1. The minimum absolute atomic E-state index is 0.122. The molecule has 33 heavy (non-hydrogen) atoms. The predicted octanol–water partition coefficient (Wildman–Crippen LogP) is 4.64. The molecule has 3 aromatic carbocycles. The number of benzene rings is 3. The molecular weight excluding hydrogens is 423 g/mol. The van der Waals surface area contributed by atoms with Gasteiger partial charge in [0.2, 0.25) is 0 Å². The Hall–Kier alpha value is -4.44. The SMILES string of the molecule is COc1cccc(C2/C(=C(/O)c3ccc(F)c(C)c3)C(=O)C(=O)N2c2ccc(C#N)cc2)c1. The van der Waals surface area contributed by atoms with E-state index >= 15 is 0 Å². The summed E-state index contributed by atoms with van der Waals surface area (Å²) in [6.07, 6.45) is 0. The highest BCUT2D eigenvalue weighted by molar-refractivity contribution is 6.51. The smallest absolute Gasteiger partial charge is 0.300 e. The first-order valence-electron chi connectivity index (χ1n) is 10.1. The first-order chi connectivity index (χ1) is 15.8. The second-order valence-corrected chi connectivity index (χ2v) is 7.57. The largest absolute Gasteiger partial charge is 0.507 e. The summed E-state index contributed by atoms with van der Waals surface area (Å²) in [6, 6.07) is 18.1. The quantitative estimate of drug-likeness (QED) is 0.361. The number of ether oxygens (including phenoxy) is 1.